The molecule has 2 rings (SSSR count). The number of anilines is 1. The van der Waals surface area contributed by atoms with Crippen molar-refractivity contribution in [1.82, 2.24) is 10.2 Å². The smallest absolute Gasteiger partial charge is 0.339 e. The van der Waals surface area contributed by atoms with E-state index in [9.17, 15) is 9.59 Å². The quantitative estimate of drug-likeness (QED) is 0.805. The van der Waals surface area contributed by atoms with Crippen LogP contribution in [-0.4, -0.2) is 27.7 Å². The van der Waals surface area contributed by atoms with Gasteiger partial charge < -0.3 is 10.1 Å². The van der Waals surface area contributed by atoms with Crippen molar-refractivity contribution in [3.63, 3.8) is 0 Å². The highest BCUT2D eigenvalue weighted by Gasteiger charge is 2.23. The number of carbonyl (C=O) groups excluding carboxylic acids is 2. The van der Waals surface area contributed by atoms with Crippen molar-refractivity contribution in [2.75, 3.05) is 5.32 Å². The van der Waals surface area contributed by atoms with E-state index < -0.39 is 17.5 Å². The Morgan fingerprint density at radius 1 is 1.08 bits per heavy atom. The van der Waals surface area contributed by atoms with Crippen LogP contribution >= 0.6 is 15.9 Å². The number of carbonyl (C=O) groups is 2. The van der Waals surface area contributed by atoms with E-state index in [0.29, 0.717) is 10.3 Å². The molecule has 0 aliphatic carbocycles. The summed E-state index contributed by atoms with van der Waals surface area (Å²) in [6.07, 6.45) is 0. The lowest BCUT2D eigenvalue weighted by Gasteiger charge is -2.20. The van der Waals surface area contributed by atoms with Crippen molar-refractivity contribution in [3.05, 3.63) is 51.6 Å². The zero-order chi connectivity index (χ0) is 17.9. The molecule has 1 aromatic heterocycles. The molecule has 0 fully saturated rings. The molecular weight excluding hydrogens is 374 g/mol. The summed E-state index contributed by atoms with van der Waals surface area (Å²) < 4.78 is 6.03. The molecule has 0 bridgehead atoms. The number of ether oxygens (including phenoxy) is 1. The molecule has 1 N–H and O–H groups in total. The minimum Gasteiger partial charge on any atom is -0.456 e. The minimum absolute atomic E-state index is 0.186. The van der Waals surface area contributed by atoms with Crippen LogP contribution < -0.4 is 5.32 Å². The number of rotatable bonds is 3. The van der Waals surface area contributed by atoms with Gasteiger partial charge in [-0.2, -0.15) is 5.10 Å². The number of nitrogens with one attached hydrogen (secondary N) is 1. The topological polar surface area (TPSA) is 81.2 Å². The number of aryl methyl sites for hydroxylation is 1. The molecule has 0 spiro atoms. The van der Waals surface area contributed by atoms with Crippen LogP contribution in [0.15, 0.2) is 34.8 Å². The van der Waals surface area contributed by atoms with Crippen LogP contribution in [-0.2, 0) is 4.74 Å². The fourth-order valence-electron chi connectivity index (χ4n) is 1.86. The third-order valence-electron chi connectivity index (χ3n) is 2.88. The Kier molecular flexibility index (Phi) is 5.33. The van der Waals surface area contributed by atoms with Crippen molar-refractivity contribution in [3.8, 4) is 0 Å². The van der Waals surface area contributed by atoms with Gasteiger partial charge in [0.25, 0.3) is 5.91 Å². The van der Waals surface area contributed by atoms with Gasteiger partial charge in [-0.15, -0.1) is 5.10 Å². The average molecular weight is 392 g/mol. The first-order valence-corrected chi connectivity index (χ1v) is 8.09. The van der Waals surface area contributed by atoms with Gasteiger partial charge in [-0.3, -0.25) is 4.79 Å². The number of halogens is 1. The molecule has 0 radical (unpaired) electrons. The number of nitrogens with zero attached hydrogens (tertiary/aromatic N) is 2. The number of aromatic nitrogens is 2. The van der Waals surface area contributed by atoms with Crippen molar-refractivity contribution >= 4 is 33.6 Å². The summed E-state index contributed by atoms with van der Waals surface area (Å²) in [4.78, 5) is 24.9. The molecular formula is C17H18BrN3O3. The molecule has 0 saturated carbocycles. The van der Waals surface area contributed by atoms with Crippen LogP contribution in [0.4, 0.5) is 5.82 Å². The fourth-order valence-corrected chi connectivity index (χ4v) is 2.23. The van der Waals surface area contributed by atoms with Gasteiger partial charge in [-0.25, -0.2) is 4.79 Å². The molecule has 1 aromatic carbocycles. The zero-order valence-corrected chi connectivity index (χ0v) is 15.5. The second-order valence-electron chi connectivity index (χ2n) is 6.21. The molecule has 0 aliphatic rings. The molecule has 1 amide bonds. The molecule has 24 heavy (non-hydrogen) atoms. The fraction of sp³-hybridized carbons (Fsp3) is 0.294. The lowest BCUT2D eigenvalue weighted by molar-refractivity contribution is 0.00678. The molecule has 2 aromatic rings. The van der Waals surface area contributed by atoms with Crippen LogP contribution in [0.1, 0.15) is 47.2 Å². The molecule has 0 atom stereocenters. The van der Waals surface area contributed by atoms with E-state index in [2.05, 4.69) is 31.4 Å². The van der Waals surface area contributed by atoms with Crippen LogP contribution in [0.3, 0.4) is 0 Å². The molecule has 0 aliphatic heterocycles. The predicted molar refractivity (Wildman–Crippen MR) is 94.0 cm³/mol. The van der Waals surface area contributed by atoms with E-state index >= 15 is 0 Å². The van der Waals surface area contributed by atoms with Gasteiger partial charge in [0.2, 0.25) is 0 Å². The molecule has 0 unspecified atom stereocenters. The van der Waals surface area contributed by atoms with Gasteiger partial charge in [0.05, 0.1) is 16.8 Å². The van der Waals surface area contributed by atoms with E-state index in [1.165, 1.54) is 0 Å². The standard InChI is InChI=1S/C17H18BrN3O3/c1-10-5-8-14(21-20-10)19-15(22)13-9-11(18)6-7-12(13)16(23)24-17(2,3)4/h5-9H,1-4H3,(H,19,21,22). The Balaban J connectivity index is 2.31. The summed E-state index contributed by atoms with van der Waals surface area (Å²) in [5, 5.41) is 10.4. The SMILES string of the molecule is Cc1ccc(NC(=O)c2cc(Br)ccc2C(=O)OC(C)(C)C)nn1. The Hall–Kier alpha value is -2.28. The van der Waals surface area contributed by atoms with Gasteiger partial charge in [0.1, 0.15) is 5.60 Å². The first kappa shape index (κ1) is 18.1. The Bertz CT molecular complexity index is 768. The van der Waals surface area contributed by atoms with Crippen LogP contribution in [0.25, 0.3) is 0 Å². The van der Waals surface area contributed by atoms with E-state index in [1.807, 2.05) is 0 Å². The summed E-state index contributed by atoms with van der Waals surface area (Å²) >= 11 is 3.31. The van der Waals surface area contributed by atoms with E-state index in [4.69, 9.17) is 4.74 Å². The van der Waals surface area contributed by atoms with Crippen LogP contribution in [0.5, 0.6) is 0 Å². The number of benzene rings is 1. The highest BCUT2D eigenvalue weighted by atomic mass is 79.9. The second-order valence-corrected chi connectivity index (χ2v) is 7.12. The Morgan fingerprint density at radius 3 is 2.38 bits per heavy atom. The molecule has 0 saturated heterocycles. The van der Waals surface area contributed by atoms with Crippen molar-refractivity contribution in [2.45, 2.75) is 33.3 Å². The predicted octanol–water partition coefficient (Wildman–Crippen LogP) is 3.76. The van der Waals surface area contributed by atoms with E-state index in [0.717, 1.165) is 5.69 Å². The Labute approximate surface area is 148 Å². The monoisotopic (exact) mass is 391 g/mol. The number of esters is 1. The first-order chi connectivity index (χ1) is 11.2. The summed E-state index contributed by atoms with van der Waals surface area (Å²) in [7, 11) is 0. The number of hydrogen-bond donors (Lipinski definition) is 1. The average Bonchev–Trinajstić information content (AvgIpc) is 2.47. The highest BCUT2D eigenvalue weighted by molar-refractivity contribution is 9.10. The third kappa shape index (κ3) is 4.86. The second kappa shape index (κ2) is 7.09. The minimum atomic E-state index is -0.652. The van der Waals surface area contributed by atoms with Gasteiger partial charge in [0.15, 0.2) is 5.82 Å². The number of hydrogen-bond acceptors (Lipinski definition) is 5. The normalized spacial score (nSPS) is 11.0. The number of amides is 1. The zero-order valence-electron chi connectivity index (χ0n) is 13.9. The maximum Gasteiger partial charge on any atom is 0.339 e. The molecule has 7 heteroatoms. The highest BCUT2D eigenvalue weighted by Crippen LogP contribution is 2.21. The first-order valence-electron chi connectivity index (χ1n) is 7.30. The van der Waals surface area contributed by atoms with Crippen molar-refractivity contribution in [1.29, 1.82) is 0 Å². The largest absolute Gasteiger partial charge is 0.456 e. The summed E-state index contributed by atoms with van der Waals surface area (Å²) in [6, 6.07) is 8.18. The lowest BCUT2D eigenvalue weighted by atomic mass is 10.1. The van der Waals surface area contributed by atoms with Gasteiger partial charge in [-0.05, 0) is 58.0 Å². The van der Waals surface area contributed by atoms with E-state index in [-0.39, 0.29) is 11.1 Å². The van der Waals surface area contributed by atoms with Crippen molar-refractivity contribution < 1.29 is 14.3 Å². The Morgan fingerprint density at radius 2 is 1.79 bits per heavy atom. The summed E-state index contributed by atoms with van der Waals surface area (Å²) in [5.41, 5.74) is 0.469. The van der Waals surface area contributed by atoms with Gasteiger partial charge >= 0.3 is 5.97 Å². The van der Waals surface area contributed by atoms with Gasteiger partial charge in [-0.1, -0.05) is 15.9 Å². The third-order valence-corrected chi connectivity index (χ3v) is 3.38. The van der Waals surface area contributed by atoms with Crippen molar-refractivity contribution in [2.24, 2.45) is 0 Å². The van der Waals surface area contributed by atoms with Gasteiger partial charge in [0, 0.05) is 4.47 Å². The summed E-state index contributed by atoms with van der Waals surface area (Å²) in [5.74, 6) is -0.717. The molecule has 126 valence electrons. The molecule has 1 heterocycles. The maximum atomic E-state index is 12.5. The van der Waals surface area contributed by atoms with Crippen LogP contribution in [0.2, 0.25) is 0 Å². The maximum absolute atomic E-state index is 12.5. The van der Waals surface area contributed by atoms with Crippen LogP contribution in [0, 0.1) is 6.92 Å². The lowest BCUT2D eigenvalue weighted by Crippen LogP contribution is -2.26. The summed E-state index contributed by atoms with van der Waals surface area (Å²) in [6.45, 7) is 7.11. The van der Waals surface area contributed by atoms with E-state index in [1.54, 1.807) is 58.0 Å². The molecule has 6 nitrogen and oxygen atoms in total.